The van der Waals surface area contributed by atoms with E-state index in [-0.39, 0.29) is 24.3 Å². The maximum absolute atomic E-state index is 12.8. The fraction of sp³-hybridized carbons (Fsp3) is 0.227. The number of Topliss-reactive ketones (excluding diaryl/α,β-unsaturated/α-hetero) is 1. The molecule has 1 saturated heterocycles. The van der Waals surface area contributed by atoms with E-state index in [9.17, 15) is 19.5 Å². The molecule has 0 radical (unpaired) electrons. The number of likely N-dealkylation sites (tertiary alicyclic amines) is 1. The number of methoxy groups -OCH3 is 2. The predicted octanol–water partition coefficient (Wildman–Crippen LogP) is 2.60. The highest BCUT2D eigenvalue weighted by atomic mass is 16.5. The average Bonchev–Trinajstić information content (AvgIpc) is 3.01. The third-order valence-electron chi connectivity index (χ3n) is 4.88. The predicted molar refractivity (Wildman–Crippen MR) is 107 cm³/mol. The van der Waals surface area contributed by atoms with Crippen LogP contribution in [0.25, 0.3) is 5.76 Å². The molecule has 1 atom stereocenters. The molecule has 1 aliphatic rings. The van der Waals surface area contributed by atoms with Crippen molar-refractivity contribution in [1.82, 2.24) is 4.90 Å². The van der Waals surface area contributed by atoms with Gasteiger partial charge in [-0.15, -0.1) is 0 Å². The summed E-state index contributed by atoms with van der Waals surface area (Å²) < 4.78 is 10.6. The zero-order chi connectivity index (χ0) is 21.8. The number of carboxylic acid groups (broad SMARTS) is 1. The quantitative estimate of drug-likeness (QED) is 0.409. The lowest BCUT2D eigenvalue weighted by Crippen LogP contribution is -2.31. The number of benzene rings is 2. The van der Waals surface area contributed by atoms with Gasteiger partial charge in [-0.2, -0.15) is 0 Å². The molecule has 3 rings (SSSR count). The van der Waals surface area contributed by atoms with Gasteiger partial charge in [-0.25, -0.2) is 0 Å². The first-order valence-electron chi connectivity index (χ1n) is 9.16. The molecule has 1 fully saturated rings. The molecule has 2 aromatic carbocycles. The van der Waals surface area contributed by atoms with Crippen LogP contribution in [0.15, 0.2) is 54.1 Å². The van der Waals surface area contributed by atoms with Crippen LogP contribution in [0.2, 0.25) is 0 Å². The van der Waals surface area contributed by atoms with Crippen LogP contribution >= 0.6 is 0 Å². The minimum atomic E-state index is -1.11. The number of nitrogens with zero attached hydrogens (tertiary/aromatic N) is 1. The van der Waals surface area contributed by atoms with E-state index in [1.54, 1.807) is 48.5 Å². The summed E-state index contributed by atoms with van der Waals surface area (Å²) in [7, 11) is 2.93. The Bertz CT molecular complexity index is 1010. The molecule has 1 heterocycles. The molecule has 8 nitrogen and oxygen atoms in total. The Kier molecular flexibility index (Phi) is 6.06. The summed E-state index contributed by atoms with van der Waals surface area (Å²) in [6.45, 7) is -0.190. The molecule has 0 spiro atoms. The minimum absolute atomic E-state index is 0.108. The Morgan fingerprint density at radius 1 is 1.00 bits per heavy atom. The van der Waals surface area contributed by atoms with Crippen LogP contribution in [-0.2, 0) is 14.4 Å². The van der Waals surface area contributed by atoms with Gasteiger partial charge in [0.15, 0.2) is 11.5 Å². The molecule has 1 unspecified atom stereocenters. The number of carboxylic acids is 1. The zero-order valence-corrected chi connectivity index (χ0v) is 16.5. The van der Waals surface area contributed by atoms with Gasteiger partial charge >= 0.3 is 5.97 Å². The maximum Gasteiger partial charge on any atom is 0.305 e. The van der Waals surface area contributed by atoms with E-state index in [1.165, 1.54) is 14.2 Å². The van der Waals surface area contributed by atoms with E-state index in [2.05, 4.69) is 0 Å². The number of hydrogen-bond acceptors (Lipinski definition) is 6. The van der Waals surface area contributed by atoms with Gasteiger partial charge in [0.05, 0.1) is 32.3 Å². The number of carbonyl (C=O) groups excluding carboxylic acids is 2. The second-order valence-electron chi connectivity index (χ2n) is 6.62. The number of hydrogen-bond donors (Lipinski definition) is 2. The van der Waals surface area contributed by atoms with Gasteiger partial charge in [0.25, 0.3) is 11.7 Å². The molecule has 2 N–H and O–H groups in total. The van der Waals surface area contributed by atoms with E-state index >= 15 is 0 Å². The molecule has 1 aliphatic heterocycles. The molecule has 2 aromatic rings. The summed E-state index contributed by atoms with van der Waals surface area (Å²) in [6.07, 6.45) is -0.345. The van der Waals surface area contributed by atoms with Crippen molar-refractivity contribution in [3.8, 4) is 11.5 Å². The number of ether oxygens (including phenoxy) is 2. The van der Waals surface area contributed by atoms with Crippen LogP contribution < -0.4 is 9.47 Å². The molecule has 0 aliphatic carbocycles. The SMILES string of the molecule is COc1ccc(C2/C(=C(\O)c3ccccc3)C(=O)C(=O)N2CCC(=O)O)cc1OC. The third kappa shape index (κ3) is 3.84. The van der Waals surface area contributed by atoms with Crippen LogP contribution in [0.3, 0.4) is 0 Å². The van der Waals surface area contributed by atoms with Gasteiger partial charge in [-0.05, 0) is 17.7 Å². The second kappa shape index (κ2) is 8.69. The maximum atomic E-state index is 12.8. The highest BCUT2D eigenvalue weighted by Crippen LogP contribution is 2.41. The van der Waals surface area contributed by atoms with Gasteiger partial charge in [-0.3, -0.25) is 14.4 Å². The van der Waals surface area contributed by atoms with E-state index in [4.69, 9.17) is 14.6 Å². The van der Waals surface area contributed by atoms with E-state index in [0.29, 0.717) is 22.6 Å². The van der Waals surface area contributed by atoms with Crippen molar-refractivity contribution in [2.75, 3.05) is 20.8 Å². The van der Waals surface area contributed by atoms with Crippen LogP contribution in [0.4, 0.5) is 0 Å². The summed E-state index contributed by atoms with van der Waals surface area (Å²) in [5.74, 6) is -2.35. The third-order valence-corrected chi connectivity index (χ3v) is 4.88. The molecule has 8 heteroatoms. The van der Waals surface area contributed by atoms with Crippen molar-refractivity contribution < 1.29 is 34.1 Å². The Hall–Kier alpha value is -3.81. The lowest BCUT2D eigenvalue weighted by molar-refractivity contribution is -0.142. The Morgan fingerprint density at radius 2 is 1.67 bits per heavy atom. The van der Waals surface area contributed by atoms with Crippen LogP contribution in [0, 0.1) is 0 Å². The number of amides is 1. The lowest BCUT2D eigenvalue weighted by atomic mass is 9.95. The summed E-state index contributed by atoms with van der Waals surface area (Å²) in [4.78, 5) is 37.8. The van der Waals surface area contributed by atoms with Crippen molar-refractivity contribution >= 4 is 23.4 Å². The van der Waals surface area contributed by atoms with Crippen molar-refractivity contribution in [3.63, 3.8) is 0 Å². The summed E-state index contributed by atoms with van der Waals surface area (Å²) in [5, 5.41) is 19.9. The summed E-state index contributed by atoms with van der Waals surface area (Å²) in [5.41, 5.74) is 0.748. The second-order valence-corrected chi connectivity index (χ2v) is 6.62. The summed E-state index contributed by atoms with van der Waals surface area (Å²) in [6, 6.07) is 12.3. The molecule has 0 bridgehead atoms. The van der Waals surface area contributed by atoms with Gasteiger partial charge in [0.1, 0.15) is 5.76 Å². The van der Waals surface area contributed by atoms with Crippen LogP contribution in [-0.4, -0.2) is 53.5 Å². The highest BCUT2D eigenvalue weighted by Gasteiger charge is 2.46. The molecular formula is C22H21NO7. The number of aliphatic hydroxyl groups is 1. The number of aliphatic carboxylic acids is 1. The van der Waals surface area contributed by atoms with E-state index < -0.39 is 23.7 Å². The summed E-state index contributed by atoms with van der Waals surface area (Å²) >= 11 is 0. The first-order chi connectivity index (χ1) is 14.4. The fourth-order valence-electron chi connectivity index (χ4n) is 3.45. The van der Waals surface area contributed by atoms with Gasteiger partial charge in [0.2, 0.25) is 0 Å². The first kappa shape index (κ1) is 20.9. The Morgan fingerprint density at radius 3 is 2.27 bits per heavy atom. The van der Waals surface area contributed by atoms with Crippen molar-refractivity contribution in [2.45, 2.75) is 12.5 Å². The fourth-order valence-corrected chi connectivity index (χ4v) is 3.45. The molecule has 30 heavy (non-hydrogen) atoms. The zero-order valence-electron chi connectivity index (χ0n) is 16.5. The number of ketones is 1. The normalized spacial score (nSPS) is 17.8. The standard InChI is InChI=1S/C22H21NO7/c1-29-15-9-8-14(12-16(15)30-2)19-18(20(26)13-6-4-3-5-7-13)21(27)22(28)23(19)11-10-17(24)25/h3-9,12,19,26H,10-11H2,1-2H3,(H,24,25)/b20-18+. The largest absolute Gasteiger partial charge is 0.507 e. The molecule has 0 aromatic heterocycles. The molecule has 156 valence electrons. The monoisotopic (exact) mass is 411 g/mol. The molecule has 1 amide bonds. The highest BCUT2D eigenvalue weighted by molar-refractivity contribution is 6.46. The number of rotatable bonds is 7. The van der Waals surface area contributed by atoms with Crippen LogP contribution in [0.1, 0.15) is 23.6 Å². The van der Waals surface area contributed by atoms with Crippen molar-refractivity contribution in [3.05, 3.63) is 65.2 Å². The average molecular weight is 411 g/mol. The molecule has 0 saturated carbocycles. The van der Waals surface area contributed by atoms with Crippen molar-refractivity contribution in [1.29, 1.82) is 0 Å². The van der Waals surface area contributed by atoms with Crippen LogP contribution in [0.5, 0.6) is 11.5 Å². The smallest absolute Gasteiger partial charge is 0.305 e. The first-order valence-corrected chi connectivity index (χ1v) is 9.16. The van der Waals surface area contributed by atoms with E-state index in [1.807, 2.05) is 0 Å². The minimum Gasteiger partial charge on any atom is -0.507 e. The van der Waals surface area contributed by atoms with Gasteiger partial charge in [0, 0.05) is 12.1 Å². The Balaban J connectivity index is 2.18. The van der Waals surface area contributed by atoms with Gasteiger partial charge in [-0.1, -0.05) is 36.4 Å². The Labute approximate surface area is 173 Å². The van der Waals surface area contributed by atoms with Crippen molar-refractivity contribution in [2.24, 2.45) is 0 Å². The van der Waals surface area contributed by atoms with Gasteiger partial charge < -0.3 is 24.6 Å². The lowest BCUT2D eigenvalue weighted by Gasteiger charge is -2.25. The number of carbonyl (C=O) groups is 3. The molecular weight excluding hydrogens is 390 g/mol. The van der Waals surface area contributed by atoms with E-state index in [0.717, 1.165) is 4.90 Å². The number of aliphatic hydroxyl groups excluding tert-OH is 1. The topological polar surface area (TPSA) is 113 Å².